The molecule has 2 aliphatic heterocycles. The van der Waals surface area contributed by atoms with Crippen molar-refractivity contribution in [2.24, 2.45) is 5.92 Å². The van der Waals surface area contributed by atoms with E-state index < -0.39 is 23.8 Å². The molecule has 0 aliphatic carbocycles. The number of urea groups is 1. The Morgan fingerprint density at radius 1 is 1.31 bits per heavy atom. The fourth-order valence-corrected chi connectivity index (χ4v) is 4.42. The van der Waals surface area contributed by atoms with Crippen LogP contribution in [0.2, 0.25) is 0 Å². The molecule has 2 aliphatic rings. The summed E-state index contributed by atoms with van der Waals surface area (Å²) in [6.07, 6.45) is 0.109. The van der Waals surface area contributed by atoms with Crippen molar-refractivity contribution < 1.29 is 23.8 Å². The molecule has 29 heavy (non-hydrogen) atoms. The number of carbonyl (C=O) groups excluding carboxylic acids is 2. The van der Waals surface area contributed by atoms with Crippen LogP contribution in [0.25, 0.3) is 10.2 Å². The molecule has 1 aromatic carbocycles. The van der Waals surface area contributed by atoms with Crippen LogP contribution in [-0.4, -0.2) is 53.5 Å². The standard InChI is InChI=1S/C20H25N3O5S/c1-11-9-26-10-13(11)23(19(25)28-20(2,3)4)18(24)22-17-21-16-12-7-8-27-14(12)5-6-15(16)29-17/h5-6,11,13H,7-10H2,1-4H3,(H,21,22,24)/t11-,13-/m1/s1. The summed E-state index contributed by atoms with van der Waals surface area (Å²) >= 11 is 1.37. The summed E-state index contributed by atoms with van der Waals surface area (Å²) in [6.45, 7) is 8.68. The molecule has 1 N–H and O–H groups in total. The minimum Gasteiger partial charge on any atom is -0.493 e. The van der Waals surface area contributed by atoms with Crippen LogP contribution in [0.5, 0.6) is 5.75 Å². The Morgan fingerprint density at radius 2 is 2.10 bits per heavy atom. The highest BCUT2D eigenvalue weighted by Crippen LogP contribution is 2.36. The highest BCUT2D eigenvalue weighted by Gasteiger charge is 2.40. The molecule has 0 unspecified atom stereocenters. The lowest BCUT2D eigenvalue weighted by Crippen LogP contribution is -2.51. The number of hydrogen-bond donors (Lipinski definition) is 1. The maximum Gasteiger partial charge on any atom is 0.418 e. The second-order valence-electron chi connectivity index (χ2n) is 8.37. The third-order valence-electron chi connectivity index (χ3n) is 4.91. The van der Waals surface area contributed by atoms with Gasteiger partial charge in [-0.1, -0.05) is 18.3 Å². The molecule has 1 fully saturated rings. The van der Waals surface area contributed by atoms with Crippen LogP contribution in [0.4, 0.5) is 14.7 Å². The molecule has 9 heteroatoms. The highest BCUT2D eigenvalue weighted by molar-refractivity contribution is 7.22. The SMILES string of the molecule is C[C@@H]1COC[C@H]1N(C(=O)Nc1nc2c3c(ccc2s1)OCC3)C(=O)OC(C)(C)C. The van der Waals surface area contributed by atoms with Crippen LogP contribution in [0.1, 0.15) is 33.3 Å². The molecule has 8 nitrogen and oxygen atoms in total. The first-order valence-corrected chi connectivity index (χ1v) is 10.5. The Balaban J connectivity index is 1.59. The van der Waals surface area contributed by atoms with Crippen molar-refractivity contribution in [2.75, 3.05) is 25.1 Å². The molecule has 156 valence electrons. The molecule has 0 radical (unpaired) electrons. The number of nitrogens with one attached hydrogen (secondary N) is 1. The monoisotopic (exact) mass is 419 g/mol. The summed E-state index contributed by atoms with van der Waals surface area (Å²) in [5.74, 6) is 0.858. The number of aromatic nitrogens is 1. The van der Waals surface area contributed by atoms with Crippen molar-refractivity contribution in [3.8, 4) is 5.75 Å². The Bertz CT molecular complexity index is 951. The van der Waals surface area contributed by atoms with E-state index in [2.05, 4.69) is 10.3 Å². The zero-order valence-corrected chi connectivity index (χ0v) is 17.8. The lowest BCUT2D eigenvalue weighted by molar-refractivity contribution is 0.0236. The average molecular weight is 420 g/mol. The van der Waals surface area contributed by atoms with Crippen LogP contribution in [0.3, 0.4) is 0 Å². The molecule has 2 aromatic rings. The molecule has 1 aromatic heterocycles. The minimum atomic E-state index is -0.714. The number of carbonyl (C=O) groups is 2. The van der Waals surface area contributed by atoms with E-state index in [1.165, 1.54) is 11.3 Å². The van der Waals surface area contributed by atoms with Gasteiger partial charge in [0.05, 0.1) is 36.1 Å². The number of rotatable bonds is 2. The minimum absolute atomic E-state index is 0.0176. The number of anilines is 1. The Hall–Kier alpha value is -2.39. The van der Waals surface area contributed by atoms with Gasteiger partial charge in [0.1, 0.15) is 11.4 Å². The van der Waals surface area contributed by atoms with Gasteiger partial charge in [-0.05, 0) is 32.9 Å². The van der Waals surface area contributed by atoms with Crippen molar-refractivity contribution in [1.29, 1.82) is 0 Å². The van der Waals surface area contributed by atoms with Crippen molar-refractivity contribution in [2.45, 2.75) is 45.8 Å². The number of benzene rings is 1. The predicted molar refractivity (Wildman–Crippen MR) is 110 cm³/mol. The smallest absolute Gasteiger partial charge is 0.418 e. The summed E-state index contributed by atoms with van der Waals surface area (Å²) in [5.41, 5.74) is 1.18. The number of fused-ring (bicyclic) bond motifs is 3. The molecule has 2 atom stereocenters. The Labute approximate surface area is 173 Å². The molecule has 0 spiro atoms. The second-order valence-corrected chi connectivity index (χ2v) is 9.40. The van der Waals surface area contributed by atoms with Crippen molar-refractivity contribution in [1.82, 2.24) is 9.88 Å². The van der Waals surface area contributed by atoms with Gasteiger partial charge in [-0.25, -0.2) is 19.5 Å². The first-order chi connectivity index (χ1) is 13.7. The van der Waals surface area contributed by atoms with E-state index in [4.69, 9.17) is 14.2 Å². The maximum absolute atomic E-state index is 13.1. The fourth-order valence-electron chi connectivity index (χ4n) is 3.53. The summed E-state index contributed by atoms with van der Waals surface area (Å²) < 4.78 is 17.5. The van der Waals surface area contributed by atoms with E-state index in [1.807, 2.05) is 19.1 Å². The lowest BCUT2D eigenvalue weighted by atomic mass is 10.1. The second kappa shape index (κ2) is 7.46. The van der Waals surface area contributed by atoms with Gasteiger partial charge in [-0.3, -0.25) is 5.32 Å². The average Bonchev–Trinajstić information content (AvgIpc) is 3.32. The van der Waals surface area contributed by atoms with Crippen molar-refractivity contribution in [3.05, 3.63) is 17.7 Å². The van der Waals surface area contributed by atoms with E-state index in [0.29, 0.717) is 25.0 Å². The number of ether oxygens (including phenoxy) is 3. The molecule has 0 bridgehead atoms. The van der Waals surface area contributed by atoms with Gasteiger partial charge in [0, 0.05) is 17.9 Å². The molecule has 3 amide bonds. The van der Waals surface area contributed by atoms with Crippen LogP contribution < -0.4 is 10.1 Å². The first kappa shape index (κ1) is 19.9. The van der Waals surface area contributed by atoms with Crippen LogP contribution in [0.15, 0.2) is 12.1 Å². The summed E-state index contributed by atoms with van der Waals surface area (Å²) in [4.78, 5) is 31.6. The number of nitrogens with zero attached hydrogens (tertiary/aromatic N) is 2. The zero-order chi connectivity index (χ0) is 20.8. The van der Waals surface area contributed by atoms with Gasteiger partial charge in [0.25, 0.3) is 0 Å². The highest BCUT2D eigenvalue weighted by atomic mass is 32.1. The lowest BCUT2D eigenvalue weighted by Gasteiger charge is -2.30. The van der Waals surface area contributed by atoms with Gasteiger partial charge in [0.15, 0.2) is 5.13 Å². The number of hydrogen-bond acceptors (Lipinski definition) is 7. The zero-order valence-electron chi connectivity index (χ0n) is 17.0. The summed E-state index contributed by atoms with van der Waals surface area (Å²) in [7, 11) is 0. The van der Waals surface area contributed by atoms with Crippen LogP contribution in [-0.2, 0) is 15.9 Å². The normalized spacial score (nSPS) is 21.0. The van der Waals surface area contributed by atoms with Crippen LogP contribution >= 0.6 is 11.3 Å². The third-order valence-corrected chi connectivity index (χ3v) is 5.85. The number of imide groups is 1. The van der Waals surface area contributed by atoms with E-state index in [9.17, 15) is 9.59 Å². The molecule has 0 saturated carbocycles. The molecule has 4 rings (SSSR count). The fraction of sp³-hybridized carbons (Fsp3) is 0.550. The molecular weight excluding hydrogens is 394 g/mol. The van der Waals surface area contributed by atoms with Crippen LogP contribution in [0, 0.1) is 5.92 Å². The number of amides is 3. The Kier molecular flexibility index (Phi) is 5.12. The van der Waals surface area contributed by atoms with Crippen molar-refractivity contribution in [3.63, 3.8) is 0 Å². The van der Waals surface area contributed by atoms with Gasteiger partial charge >= 0.3 is 12.1 Å². The Morgan fingerprint density at radius 3 is 2.79 bits per heavy atom. The topological polar surface area (TPSA) is 90.0 Å². The molecule has 3 heterocycles. The summed E-state index contributed by atoms with van der Waals surface area (Å²) in [5, 5.41) is 3.22. The van der Waals surface area contributed by atoms with E-state index in [1.54, 1.807) is 20.8 Å². The van der Waals surface area contributed by atoms with Crippen molar-refractivity contribution >= 4 is 38.8 Å². The van der Waals surface area contributed by atoms with E-state index in [0.717, 1.165) is 32.9 Å². The van der Waals surface area contributed by atoms with Gasteiger partial charge < -0.3 is 14.2 Å². The quantitative estimate of drug-likeness (QED) is 0.790. The predicted octanol–water partition coefficient (Wildman–Crippen LogP) is 4.04. The number of thiazole rings is 1. The first-order valence-electron chi connectivity index (χ1n) is 9.69. The molecular formula is C20H25N3O5S. The van der Waals surface area contributed by atoms with Gasteiger partial charge in [-0.2, -0.15) is 0 Å². The van der Waals surface area contributed by atoms with E-state index in [-0.39, 0.29) is 5.92 Å². The third kappa shape index (κ3) is 4.02. The largest absolute Gasteiger partial charge is 0.493 e. The van der Waals surface area contributed by atoms with Gasteiger partial charge in [0.2, 0.25) is 0 Å². The maximum atomic E-state index is 13.1. The van der Waals surface area contributed by atoms with Gasteiger partial charge in [-0.15, -0.1) is 0 Å². The summed E-state index contributed by atoms with van der Waals surface area (Å²) in [6, 6.07) is 2.91. The molecule has 1 saturated heterocycles. The van der Waals surface area contributed by atoms with E-state index >= 15 is 0 Å².